The van der Waals surface area contributed by atoms with Gasteiger partial charge in [0.1, 0.15) is 11.6 Å². The van der Waals surface area contributed by atoms with Crippen LogP contribution in [0.5, 0.6) is 5.75 Å². The van der Waals surface area contributed by atoms with Crippen LogP contribution in [0.4, 0.5) is 0 Å². The molecule has 0 amide bonds. The summed E-state index contributed by atoms with van der Waals surface area (Å²) in [5.74, 6) is 3.13. The van der Waals surface area contributed by atoms with Crippen molar-refractivity contribution in [3.8, 4) is 5.75 Å². The summed E-state index contributed by atoms with van der Waals surface area (Å²) in [6, 6.07) is 5.90. The number of ether oxygens (including phenoxy) is 1. The standard InChI is InChI=1S/C13H19N3OS/c1-17-12-3-2-10(8-11(12)13(14)15)9-16-4-6-18-7-5-16/h2-3,8H,4-7,9H2,1H3,(H3,14,15). The van der Waals surface area contributed by atoms with Gasteiger partial charge in [-0.15, -0.1) is 0 Å². The summed E-state index contributed by atoms with van der Waals surface area (Å²) in [6.45, 7) is 3.18. The molecule has 2 rings (SSSR count). The Morgan fingerprint density at radius 1 is 1.44 bits per heavy atom. The Hall–Kier alpha value is -1.20. The second kappa shape index (κ2) is 6.11. The maximum absolute atomic E-state index is 7.58. The molecule has 98 valence electrons. The number of nitrogen functional groups attached to an aromatic ring is 1. The molecule has 1 heterocycles. The summed E-state index contributed by atoms with van der Waals surface area (Å²) >= 11 is 2.01. The molecule has 1 aliphatic rings. The molecule has 0 saturated carbocycles. The summed E-state index contributed by atoms with van der Waals surface area (Å²) in [5.41, 5.74) is 7.45. The molecule has 3 N–H and O–H groups in total. The third-order valence-electron chi connectivity index (χ3n) is 3.06. The average Bonchev–Trinajstić information content (AvgIpc) is 2.40. The first kappa shape index (κ1) is 13.2. The van der Waals surface area contributed by atoms with Crippen LogP contribution in [0.25, 0.3) is 0 Å². The molecule has 0 radical (unpaired) electrons. The van der Waals surface area contributed by atoms with Gasteiger partial charge in [-0.05, 0) is 17.7 Å². The lowest BCUT2D eigenvalue weighted by Crippen LogP contribution is -2.32. The van der Waals surface area contributed by atoms with Gasteiger partial charge in [-0.3, -0.25) is 10.3 Å². The maximum atomic E-state index is 7.58. The van der Waals surface area contributed by atoms with E-state index in [-0.39, 0.29) is 5.84 Å². The molecule has 0 aromatic heterocycles. The van der Waals surface area contributed by atoms with Gasteiger partial charge in [0.25, 0.3) is 0 Å². The highest BCUT2D eigenvalue weighted by atomic mass is 32.2. The van der Waals surface area contributed by atoms with Gasteiger partial charge in [0, 0.05) is 31.1 Å². The van der Waals surface area contributed by atoms with Gasteiger partial charge in [0.15, 0.2) is 0 Å². The Morgan fingerprint density at radius 2 is 2.17 bits per heavy atom. The highest BCUT2D eigenvalue weighted by Crippen LogP contribution is 2.21. The lowest BCUT2D eigenvalue weighted by atomic mass is 10.1. The first-order valence-corrected chi connectivity index (χ1v) is 7.17. The Kier molecular flexibility index (Phi) is 4.49. The zero-order valence-corrected chi connectivity index (χ0v) is 11.4. The zero-order chi connectivity index (χ0) is 13.0. The van der Waals surface area contributed by atoms with Crippen molar-refractivity contribution < 1.29 is 4.74 Å². The van der Waals surface area contributed by atoms with E-state index in [1.807, 2.05) is 30.0 Å². The topological polar surface area (TPSA) is 62.3 Å². The monoisotopic (exact) mass is 265 g/mol. The van der Waals surface area contributed by atoms with E-state index in [1.165, 1.54) is 17.1 Å². The van der Waals surface area contributed by atoms with Crippen LogP contribution >= 0.6 is 11.8 Å². The highest BCUT2D eigenvalue weighted by molar-refractivity contribution is 7.99. The Labute approximate surface area is 112 Å². The van der Waals surface area contributed by atoms with Crippen molar-refractivity contribution in [2.75, 3.05) is 31.7 Å². The van der Waals surface area contributed by atoms with Gasteiger partial charge >= 0.3 is 0 Å². The normalized spacial score (nSPS) is 16.5. The Morgan fingerprint density at radius 3 is 2.78 bits per heavy atom. The van der Waals surface area contributed by atoms with Gasteiger partial charge in [-0.2, -0.15) is 11.8 Å². The van der Waals surface area contributed by atoms with Crippen LogP contribution in [0.1, 0.15) is 11.1 Å². The molecule has 1 aliphatic heterocycles. The minimum absolute atomic E-state index is 0.0582. The van der Waals surface area contributed by atoms with Crippen LogP contribution in [0, 0.1) is 5.41 Å². The highest BCUT2D eigenvalue weighted by Gasteiger charge is 2.12. The van der Waals surface area contributed by atoms with Crippen molar-refractivity contribution in [1.29, 1.82) is 5.41 Å². The third-order valence-corrected chi connectivity index (χ3v) is 4.01. The molecule has 1 aromatic carbocycles. The van der Waals surface area contributed by atoms with Gasteiger partial charge in [-0.1, -0.05) is 6.07 Å². The zero-order valence-electron chi connectivity index (χ0n) is 10.6. The van der Waals surface area contributed by atoms with Gasteiger partial charge in [-0.25, -0.2) is 0 Å². The van der Waals surface area contributed by atoms with Crippen LogP contribution in [-0.2, 0) is 6.54 Å². The fourth-order valence-electron chi connectivity index (χ4n) is 2.08. The van der Waals surface area contributed by atoms with Crippen LogP contribution in [0.3, 0.4) is 0 Å². The number of nitrogens with zero attached hydrogens (tertiary/aromatic N) is 1. The Bertz CT molecular complexity index is 430. The fourth-order valence-corrected chi connectivity index (χ4v) is 3.06. The fraction of sp³-hybridized carbons (Fsp3) is 0.462. The first-order valence-electron chi connectivity index (χ1n) is 6.02. The lowest BCUT2D eigenvalue weighted by Gasteiger charge is -2.26. The van der Waals surface area contributed by atoms with Crippen molar-refractivity contribution in [3.63, 3.8) is 0 Å². The number of amidine groups is 1. The van der Waals surface area contributed by atoms with E-state index in [0.717, 1.165) is 19.6 Å². The average molecular weight is 265 g/mol. The predicted molar refractivity (Wildman–Crippen MR) is 76.6 cm³/mol. The smallest absolute Gasteiger partial charge is 0.129 e. The van der Waals surface area contributed by atoms with Crippen molar-refractivity contribution in [2.45, 2.75) is 6.54 Å². The van der Waals surface area contributed by atoms with Crippen molar-refractivity contribution in [2.24, 2.45) is 5.73 Å². The molecular weight excluding hydrogens is 246 g/mol. The van der Waals surface area contributed by atoms with E-state index in [4.69, 9.17) is 15.9 Å². The van der Waals surface area contributed by atoms with Gasteiger partial charge in [0.05, 0.1) is 12.7 Å². The Balaban J connectivity index is 2.13. The minimum atomic E-state index is 0.0582. The second-order valence-electron chi connectivity index (χ2n) is 4.34. The number of hydrogen-bond donors (Lipinski definition) is 2. The molecule has 4 nitrogen and oxygen atoms in total. The summed E-state index contributed by atoms with van der Waals surface area (Å²) in [7, 11) is 1.60. The number of nitrogens with two attached hydrogens (primary N) is 1. The largest absolute Gasteiger partial charge is 0.496 e. The molecule has 1 saturated heterocycles. The maximum Gasteiger partial charge on any atom is 0.129 e. The van der Waals surface area contributed by atoms with Crippen molar-refractivity contribution in [3.05, 3.63) is 29.3 Å². The van der Waals surface area contributed by atoms with E-state index in [9.17, 15) is 0 Å². The summed E-state index contributed by atoms with van der Waals surface area (Å²) in [4.78, 5) is 2.43. The quantitative estimate of drug-likeness (QED) is 0.640. The predicted octanol–water partition coefficient (Wildman–Crippen LogP) is 1.53. The van der Waals surface area contributed by atoms with E-state index >= 15 is 0 Å². The number of hydrogen-bond acceptors (Lipinski definition) is 4. The SMILES string of the molecule is COc1ccc(CN2CCSCC2)cc1C(=N)N. The molecule has 0 bridgehead atoms. The summed E-state index contributed by atoms with van der Waals surface area (Å²) in [6.07, 6.45) is 0. The summed E-state index contributed by atoms with van der Waals surface area (Å²) < 4.78 is 5.21. The van der Waals surface area contributed by atoms with Gasteiger partial charge in [0.2, 0.25) is 0 Å². The van der Waals surface area contributed by atoms with Crippen LogP contribution in [-0.4, -0.2) is 42.4 Å². The van der Waals surface area contributed by atoms with Crippen molar-refractivity contribution >= 4 is 17.6 Å². The van der Waals surface area contributed by atoms with Crippen LogP contribution in [0.2, 0.25) is 0 Å². The molecule has 0 spiro atoms. The molecular formula is C13H19N3OS. The number of thioether (sulfide) groups is 1. The molecule has 0 aliphatic carbocycles. The van der Waals surface area contributed by atoms with Crippen LogP contribution in [0.15, 0.2) is 18.2 Å². The van der Waals surface area contributed by atoms with E-state index in [0.29, 0.717) is 11.3 Å². The van der Waals surface area contributed by atoms with E-state index < -0.39 is 0 Å². The second-order valence-corrected chi connectivity index (χ2v) is 5.56. The van der Waals surface area contributed by atoms with Crippen LogP contribution < -0.4 is 10.5 Å². The first-order chi connectivity index (χ1) is 8.70. The molecule has 1 aromatic rings. The molecule has 1 fully saturated rings. The number of nitrogens with one attached hydrogen (secondary N) is 1. The van der Waals surface area contributed by atoms with Gasteiger partial charge < -0.3 is 10.5 Å². The molecule has 18 heavy (non-hydrogen) atoms. The molecule has 5 heteroatoms. The van der Waals surface area contributed by atoms with Crippen molar-refractivity contribution in [1.82, 2.24) is 4.90 Å². The lowest BCUT2D eigenvalue weighted by molar-refractivity contribution is 0.294. The molecule has 0 atom stereocenters. The minimum Gasteiger partial charge on any atom is -0.496 e. The number of methoxy groups -OCH3 is 1. The number of rotatable bonds is 4. The number of benzene rings is 1. The van der Waals surface area contributed by atoms with E-state index in [2.05, 4.69) is 4.90 Å². The molecule has 0 unspecified atom stereocenters. The summed E-state index contributed by atoms with van der Waals surface area (Å²) in [5, 5.41) is 7.58. The van der Waals surface area contributed by atoms with E-state index in [1.54, 1.807) is 7.11 Å². The third kappa shape index (κ3) is 3.17.